The summed E-state index contributed by atoms with van der Waals surface area (Å²) in [6.07, 6.45) is 6.74. The fourth-order valence-electron chi connectivity index (χ4n) is 5.81. The number of aryl methyl sites for hydroxylation is 2. The number of ether oxygens (including phenoxy) is 1. The van der Waals surface area contributed by atoms with Crippen LogP contribution in [0.4, 0.5) is 5.95 Å². The van der Waals surface area contributed by atoms with Gasteiger partial charge in [0.05, 0.1) is 38.8 Å². The van der Waals surface area contributed by atoms with E-state index in [-0.39, 0.29) is 27.7 Å². The van der Waals surface area contributed by atoms with E-state index >= 15 is 0 Å². The molecule has 0 bridgehead atoms. The van der Waals surface area contributed by atoms with Crippen molar-refractivity contribution in [3.8, 4) is 11.3 Å². The molecule has 1 saturated carbocycles. The van der Waals surface area contributed by atoms with Crippen molar-refractivity contribution in [1.29, 1.82) is 0 Å². The molecule has 4 aromatic rings. The largest absolute Gasteiger partial charge is 0.460 e. The number of halogens is 1. The highest BCUT2D eigenvalue weighted by Crippen LogP contribution is 2.31. The molecular weight excluding hydrogens is 610 g/mol. The van der Waals surface area contributed by atoms with E-state index in [1.165, 1.54) is 6.07 Å². The van der Waals surface area contributed by atoms with Gasteiger partial charge in [-0.15, -0.1) is 0 Å². The Labute approximate surface area is 270 Å². The number of nitrogens with one attached hydrogen (secondary N) is 1. The van der Waals surface area contributed by atoms with Gasteiger partial charge in [0.1, 0.15) is 11.1 Å². The van der Waals surface area contributed by atoms with Gasteiger partial charge in [0.15, 0.2) is 9.84 Å². The van der Waals surface area contributed by atoms with E-state index in [4.69, 9.17) is 26.3 Å². The van der Waals surface area contributed by atoms with E-state index in [0.717, 1.165) is 54.4 Å². The highest BCUT2D eigenvalue weighted by Gasteiger charge is 2.26. The van der Waals surface area contributed by atoms with Gasteiger partial charge >= 0.3 is 5.97 Å². The summed E-state index contributed by atoms with van der Waals surface area (Å²) in [5, 5.41) is 3.69. The second kappa shape index (κ2) is 13.4. The molecule has 45 heavy (non-hydrogen) atoms. The van der Waals surface area contributed by atoms with E-state index in [9.17, 15) is 13.2 Å². The third kappa shape index (κ3) is 8.16. The summed E-state index contributed by atoms with van der Waals surface area (Å²) in [5.74, 6) is 0.532. The smallest absolute Gasteiger partial charge is 0.306 e. The van der Waals surface area contributed by atoms with Crippen LogP contribution in [-0.4, -0.2) is 46.0 Å². The normalized spacial score (nSPS) is 17.3. The van der Waals surface area contributed by atoms with Gasteiger partial charge in [-0.25, -0.2) is 23.4 Å². The molecule has 0 amide bonds. The van der Waals surface area contributed by atoms with Crippen LogP contribution in [0.1, 0.15) is 76.8 Å². The number of carbonyl (C=O) groups excluding carboxylic acids is 1. The van der Waals surface area contributed by atoms with Crippen LogP contribution in [0.3, 0.4) is 0 Å². The summed E-state index contributed by atoms with van der Waals surface area (Å²) in [5.41, 5.74) is 4.72. The molecule has 1 fully saturated rings. The summed E-state index contributed by atoms with van der Waals surface area (Å²) in [4.78, 5) is 31.2. The van der Waals surface area contributed by atoms with Crippen LogP contribution >= 0.6 is 11.6 Å². The van der Waals surface area contributed by atoms with Gasteiger partial charge in [-0.1, -0.05) is 30.7 Å². The van der Waals surface area contributed by atoms with Crippen LogP contribution in [0.5, 0.6) is 0 Å². The molecule has 1 aliphatic carbocycles. The van der Waals surface area contributed by atoms with E-state index in [2.05, 4.69) is 22.2 Å². The van der Waals surface area contributed by atoms with Crippen molar-refractivity contribution in [3.05, 3.63) is 70.6 Å². The predicted octanol–water partition coefficient (Wildman–Crippen LogP) is 7.29. The molecule has 1 aromatic carbocycles. The topological polar surface area (TPSA) is 124 Å². The molecule has 0 unspecified atom stereocenters. The molecule has 0 saturated heterocycles. The van der Waals surface area contributed by atoms with Crippen molar-refractivity contribution >= 4 is 44.4 Å². The first kappa shape index (κ1) is 32.8. The molecule has 1 aliphatic rings. The number of hydrogen-bond acceptors (Lipinski definition) is 9. The first-order valence-electron chi connectivity index (χ1n) is 15.4. The first-order valence-corrected chi connectivity index (χ1v) is 17.4. The number of aromatic nitrogens is 4. The number of anilines is 1. The quantitative estimate of drug-likeness (QED) is 0.186. The third-order valence-corrected chi connectivity index (χ3v) is 10.1. The maximum absolute atomic E-state index is 13.0. The van der Waals surface area contributed by atoms with Crippen LogP contribution in [0.2, 0.25) is 5.02 Å². The molecule has 0 aliphatic heterocycles. The van der Waals surface area contributed by atoms with Crippen molar-refractivity contribution in [1.82, 2.24) is 19.9 Å². The standard InChI is InChI=1S/C34H40ClN5O4S/c1-6-23-18-28(26-16-15-25(37-21(26)2)20-45(42,43)30-10-8-7-9-27(30)35)39-29-19-36-33(40-32(23)29)38-24-13-11-22(12-14-24)17-31(41)44-34(3,4)5/h7-10,15-16,18-19,22,24H,6,11-14,17,20H2,1-5H3,(H,36,38,40). The molecule has 3 aromatic heterocycles. The lowest BCUT2D eigenvalue weighted by Gasteiger charge is -2.29. The Bertz CT molecular complexity index is 1820. The average Bonchev–Trinajstić information content (AvgIpc) is 2.96. The lowest BCUT2D eigenvalue weighted by atomic mass is 9.84. The lowest BCUT2D eigenvalue weighted by Crippen LogP contribution is -2.30. The molecule has 0 radical (unpaired) electrons. The minimum atomic E-state index is -3.66. The van der Waals surface area contributed by atoms with Gasteiger partial charge in [0.25, 0.3) is 0 Å². The SMILES string of the molecule is CCc1cc(-c2ccc(CS(=O)(=O)c3ccccc3Cl)nc2C)nc2cnc(NC3CCC(CC(=O)OC(C)(C)C)CC3)nc12. The number of rotatable bonds is 9. The fourth-order valence-corrected chi connectivity index (χ4v) is 7.66. The summed E-state index contributed by atoms with van der Waals surface area (Å²) in [6.45, 7) is 9.61. The van der Waals surface area contributed by atoms with E-state index in [1.54, 1.807) is 30.5 Å². The number of esters is 1. The second-order valence-electron chi connectivity index (χ2n) is 12.7. The zero-order valence-corrected chi connectivity index (χ0v) is 28.0. The van der Waals surface area contributed by atoms with Gasteiger partial charge in [0.2, 0.25) is 5.95 Å². The highest BCUT2D eigenvalue weighted by molar-refractivity contribution is 7.90. The summed E-state index contributed by atoms with van der Waals surface area (Å²) >= 11 is 6.15. The number of pyridine rings is 2. The van der Waals surface area contributed by atoms with Crippen LogP contribution in [0.25, 0.3) is 22.3 Å². The second-order valence-corrected chi connectivity index (χ2v) is 15.1. The Morgan fingerprint density at radius 2 is 1.78 bits per heavy atom. The van der Waals surface area contributed by atoms with Gasteiger partial charge in [-0.05, 0) is 102 Å². The van der Waals surface area contributed by atoms with Gasteiger partial charge in [0, 0.05) is 23.7 Å². The van der Waals surface area contributed by atoms with E-state index < -0.39 is 15.4 Å². The number of hydrogen-bond donors (Lipinski definition) is 1. The number of carbonyl (C=O) groups is 1. The van der Waals surface area contributed by atoms with Crippen molar-refractivity contribution < 1.29 is 17.9 Å². The average molecular weight is 650 g/mol. The minimum Gasteiger partial charge on any atom is -0.460 e. The highest BCUT2D eigenvalue weighted by atomic mass is 35.5. The zero-order valence-electron chi connectivity index (χ0n) is 26.4. The number of sulfone groups is 1. The fraction of sp³-hybridized carbons (Fsp3) is 0.441. The van der Waals surface area contributed by atoms with Crippen molar-refractivity contribution in [2.24, 2.45) is 5.92 Å². The van der Waals surface area contributed by atoms with Crippen molar-refractivity contribution in [3.63, 3.8) is 0 Å². The number of nitrogens with zero attached hydrogens (tertiary/aromatic N) is 4. The molecule has 238 valence electrons. The van der Waals surface area contributed by atoms with Gasteiger partial charge in [-0.3, -0.25) is 9.78 Å². The summed E-state index contributed by atoms with van der Waals surface area (Å²) < 4.78 is 31.5. The van der Waals surface area contributed by atoms with E-state index in [1.807, 2.05) is 39.8 Å². The molecule has 3 heterocycles. The molecule has 1 N–H and O–H groups in total. The maximum atomic E-state index is 13.0. The molecule has 11 heteroatoms. The van der Waals surface area contributed by atoms with Gasteiger partial charge < -0.3 is 10.1 Å². The van der Waals surface area contributed by atoms with Gasteiger partial charge in [-0.2, -0.15) is 0 Å². The Morgan fingerprint density at radius 1 is 1.04 bits per heavy atom. The Morgan fingerprint density at radius 3 is 2.44 bits per heavy atom. The minimum absolute atomic E-state index is 0.0960. The van der Waals surface area contributed by atoms with Crippen LogP contribution in [-0.2, 0) is 31.5 Å². The maximum Gasteiger partial charge on any atom is 0.306 e. The van der Waals surface area contributed by atoms with Crippen LogP contribution in [0, 0.1) is 12.8 Å². The summed E-state index contributed by atoms with van der Waals surface area (Å²) in [6, 6.07) is 12.3. The first-order chi connectivity index (χ1) is 21.3. The number of benzene rings is 1. The zero-order chi connectivity index (χ0) is 32.4. The predicted molar refractivity (Wildman–Crippen MR) is 177 cm³/mol. The van der Waals surface area contributed by atoms with Crippen molar-refractivity contribution in [2.75, 3.05) is 5.32 Å². The molecule has 5 rings (SSSR count). The number of fused-ring (bicyclic) bond motifs is 1. The molecule has 0 spiro atoms. The third-order valence-electron chi connectivity index (χ3n) is 7.99. The molecule has 9 nitrogen and oxygen atoms in total. The van der Waals surface area contributed by atoms with E-state index in [0.29, 0.717) is 35.2 Å². The van der Waals surface area contributed by atoms with Crippen molar-refractivity contribution in [2.45, 2.75) is 95.4 Å². The molecule has 0 atom stereocenters. The lowest BCUT2D eigenvalue weighted by molar-refractivity contribution is -0.156. The Hall–Kier alpha value is -3.63. The molecular formula is C34H40ClN5O4S. The Balaban J connectivity index is 1.28. The monoisotopic (exact) mass is 649 g/mol. The Kier molecular flexibility index (Phi) is 9.74. The van der Waals surface area contributed by atoms with Crippen LogP contribution < -0.4 is 5.32 Å². The van der Waals surface area contributed by atoms with Crippen LogP contribution in [0.15, 0.2) is 53.6 Å². The summed E-state index contributed by atoms with van der Waals surface area (Å²) in [7, 11) is -3.66.